The van der Waals surface area contributed by atoms with Crippen molar-refractivity contribution in [2.75, 3.05) is 11.1 Å². The van der Waals surface area contributed by atoms with E-state index in [1.165, 1.54) is 11.8 Å². The SMILES string of the molecule is Cc1ccc(SCC(=O)Nc2c(Br)cc(C)cc2Br)nc1. The zero-order chi connectivity index (χ0) is 15.4. The molecule has 0 aliphatic rings. The molecular formula is C15H14Br2N2OS. The zero-order valence-corrected chi connectivity index (χ0v) is 15.6. The van der Waals surface area contributed by atoms with E-state index in [1.54, 1.807) is 6.20 Å². The Morgan fingerprint density at radius 2 is 1.86 bits per heavy atom. The third kappa shape index (κ3) is 4.83. The second-order valence-electron chi connectivity index (χ2n) is 4.61. The molecule has 21 heavy (non-hydrogen) atoms. The van der Waals surface area contributed by atoms with E-state index < -0.39 is 0 Å². The van der Waals surface area contributed by atoms with E-state index in [1.807, 2.05) is 38.1 Å². The fourth-order valence-corrected chi connectivity index (χ4v) is 3.93. The van der Waals surface area contributed by atoms with Gasteiger partial charge in [0.25, 0.3) is 0 Å². The van der Waals surface area contributed by atoms with Crippen molar-refractivity contribution in [2.45, 2.75) is 18.9 Å². The lowest BCUT2D eigenvalue weighted by Gasteiger charge is -2.10. The number of halogens is 2. The first kappa shape index (κ1) is 16.5. The van der Waals surface area contributed by atoms with Crippen LogP contribution in [0.4, 0.5) is 5.69 Å². The van der Waals surface area contributed by atoms with Gasteiger partial charge in [-0.2, -0.15) is 0 Å². The van der Waals surface area contributed by atoms with Gasteiger partial charge in [-0.25, -0.2) is 4.98 Å². The maximum atomic E-state index is 12.0. The summed E-state index contributed by atoms with van der Waals surface area (Å²) < 4.78 is 1.72. The molecule has 0 bridgehead atoms. The van der Waals surface area contributed by atoms with E-state index in [4.69, 9.17) is 0 Å². The van der Waals surface area contributed by atoms with Crippen LogP contribution in [0.5, 0.6) is 0 Å². The monoisotopic (exact) mass is 428 g/mol. The summed E-state index contributed by atoms with van der Waals surface area (Å²) in [5.41, 5.74) is 2.98. The molecule has 0 aliphatic heterocycles. The smallest absolute Gasteiger partial charge is 0.234 e. The number of carbonyl (C=O) groups excluding carboxylic acids is 1. The summed E-state index contributed by atoms with van der Waals surface area (Å²) >= 11 is 8.35. The molecule has 0 fully saturated rings. The van der Waals surface area contributed by atoms with Crippen LogP contribution in [0.15, 0.2) is 44.4 Å². The number of aryl methyl sites for hydroxylation is 2. The van der Waals surface area contributed by atoms with Gasteiger partial charge in [0.05, 0.1) is 16.5 Å². The molecule has 0 saturated heterocycles. The molecule has 1 aromatic heterocycles. The van der Waals surface area contributed by atoms with Crippen LogP contribution in [0.3, 0.4) is 0 Å². The quantitative estimate of drug-likeness (QED) is 0.698. The minimum absolute atomic E-state index is 0.0624. The molecule has 0 unspecified atom stereocenters. The highest BCUT2D eigenvalue weighted by molar-refractivity contribution is 9.11. The third-order valence-corrected chi connectivity index (χ3v) is 4.88. The van der Waals surface area contributed by atoms with Gasteiger partial charge < -0.3 is 5.32 Å². The summed E-state index contributed by atoms with van der Waals surface area (Å²) in [4.78, 5) is 16.3. The van der Waals surface area contributed by atoms with Gasteiger partial charge in [-0.3, -0.25) is 4.79 Å². The Hall–Kier alpha value is -0.850. The molecule has 0 aliphatic carbocycles. The van der Waals surface area contributed by atoms with Crippen LogP contribution in [0.25, 0.3) is 0 Å². The molecule has 2 rings (SSSR count). The number of pyridine rings is 1. The van der Waals surface area contributed by atoms with E-state index in [9.17, 15) is 4.79 Å². The first-order valence-electron chi connectivity index (χ1n) is 6.26. The number of carbonyl (C=O) groups is 1. The summed E-state index contributed by atoms with van der Waals surface area (Å²) in [6, 6.07) is 7.84. The Kier molecular flexibility index (Phi) is 5.84. The Labute approximate surface area is 145 Å². The number of anilines is 1. The van der Waals surface area contributed by atoms with Gasteiger partial charge in [0.1, 0.15) is 0 Å². The molecule has 3 nitrogen and oxygen atoms in total. The standard InChI is InChI=1S/C15H14Br2N2OS/c1-9-3-4-14(18-7-9)21-8-13(20)19-15-11(16)5-10(2)6-12(15)17/h3-7H,8H2,1-2H3,(H,19,20). The van der Waals surface area contributed by atoms with E-state index in [2.05, 4.69) is 42.2 Å². The van der Waals surface area contributed by atoms with Crippen LogP contribution in [0.2, 0.25) is 0 Å². The first-order chi connectivity index (χ1) is 9.95. The lowest BCUT2D eigenvalue weighted by Crippen LogP contribution is -2.15. The van der Waals surface area contributed by atoms with Crippen LogP contribution in [0.1, 0.15) is 11.1 Å². The highest BCUT2D eigenvalue weighted by atomic mass is 79.9. The average molecular weight is 430 g/mol. The topological polar surface area (TPSA) is 42.0 Å². The molecule has 1 aromatic carbocycles. The molecule has 1 heterocycles. The van der Waals surface area contributed by atoms with Crippen LogP contribution >= 0.6 is 43.6 Å². The van der Waals surface area contributed by atoms with Crippen molar-refractivity contribution in [3.8, 4) is 0 Å². The van der Waals surface area contributed by atoms with Crippen molar-refractivity contribution in [3.05, 3.63) is 50.5 Å². The summed E-state index contributed by atoms with van der Waals surface area (Å²) in [5.74, 6) is 0.260. The Morgan fingerprint density at radius 1 is 1.19 bits per heavy atom. The number of amides is 1. The van der Waals surface area contributed by atoms with E-state index in [0.29, 0.717) is 5.75 Å². The van der Waals surface area contributed by atoms with Crippen LogP contribution < -0.4 is 5.32 Å². The van der Waals surface area contributed by atoms with Crippen molar-refractivity contribution in [3.63, 3.8) is 0 Å². The number of rotatable bonds is 4. The predicted octanol–water partition coefficient (Wildman–Crippen LogP) is 4.95. The van der Waals surface area contributed by atoms with Gasteiger partial charge >= 0.3 is 0 Å². The molecule has 110 valence electrons. The third-order valence-electron chi connectivity index (χ3n) is 2.69. The molecule has 6 heteroatoms. The Bertz CT molecular complexity index is 636. The van der Waals surface area contributed by atoms with Gasteiger partial charge in [-0.05, 0) is 75.0 Å². The number of benzene rings is 1. The fraction of sp³-hybridized carbons (Fsp3) is 0.200. The molecule has 0 saturated carbocycles. The fourth-order valence-electron chi connectivity index (χ4n) is 1.67. The normalized spacial score (nSPS) is 10.5. The lowest BCUT2D eigenvalue weighted by molar-refractivity contribution is -0.113. The van der Waals surface area contributed by atoms with Crippen molar-refractivity contribution in [1.82, 2.24) is 4.98 Å². The van der Waals surface area contributed by atoms with Crippen molar-refractivity contribution in [2.24, 2.45) is 0 Å². The van der Waals surface area contributed by atoms with E-state index >= 15 is 0 Å². The minimum Gasteiger partial charge on any atom is -0.323 e. The summed E-state index contributed by atoms with van der Waals surface area (Å²) in [7, 11) is 0. The molecular weight excluding hydrogens is 416 g/mol. The van der Waals surface area contributed by atoms with Gasteiger partial charge in [0.15, 0.2) is 0 Å². The molecule has 0 atom stereocenters. The second-order valence-corrected chi connectivity index (χ2v) is 7.32. The Balaban J connectivity index is 1.97. The number of hydrogen-bond donors (Lipinski definition) is 1. The molecule has 2 aromatic rings. The highest BCUT2D eigenvalue weighted by Crippen LogP contribution is 2.32. The molecule has 0 spiro atoms. The van der Waals surface area contributed by atoms with Crippen molar-refractivity contribution in [1.29, 1.82) is 0 Å². The zero-order valence-electron chi connectivity index (χ0n) is 11.6. The van der Waals surface area contributed by atoms with Crippen molar-refractivity contribution >= 4 is 55.2 Å². The molecule has 1 N–H and O–H groups in total. The van der Waals surface area contributed by atoms with Crippen LogP contribution in [-0.2, 0) is 4.79 Å². The maximum Gasteiger partial charge on any atom is 0.234 e. The first-order valence-corrected chi connectivity index (χ1v) is 8.84. The number of thioether (sulfide) groups is 1. The lowest BCUT2D eigenvalue weighted by atomic mass is 10.2. The average Bonchev–Trinajstić information content (AvgIpc) is 2.42. The van der Waals surface area contributed by atoms with Gasteiger partial charge in [-0.15, -0.1) is 0 Å². The minimum atomic E-state index is -0.0624. The Morgan fingerprint density at radius 3 is 2.43 bits per heavy atom. The number of nitrogens with zero attached hydrogens (tertiary/aromatic N) is 1. The van der Waals surface area contributed by atoms with E-state index in [0.717, 1.165) is 30.8 Å². The van der Waals surface area contributed by atoms with Crippen LogP contribution in [0, 0.1) is 13.8 Å². The van der Waals surface area contributed by atoms with E-state index in [-0.39, 0.29) is 5.91 Å². The summed E-state index contributed by atoms with van der Waals surface area (Å²) in [6.07, 6.45) is 1.80. The second kappa shape index (κ2) is 7.42. The number of nitrogens with one attached hydrogen (secondary N) is 1. The summed E-state index contributed by atoms with van der Waals surface area (Å²) in [5, 5.41) is 3.75. The van der Waals surface area contributed by atoms with Gasteiger partial charge in [0, 0.05) is 15.1 Å². The summed E-state index contributed by atoms with van der Waals surface area (Å²) in [6.45, 7) is 3.99. The number of aromatic nitrogens is 1. The van der Waals surface area contributed by atoms with Gasteiger partial charge in [0.2, 0.25) is 5.91 Å². The van der Waals surface area contributed by atoms with Gasteiger partial charge in [-0.1, -0.05) is 17.8 Å². The number of hydrogen-bond acceptors (Lipinski definition) is 3. The van der Waals surface area contributed by atoms with Crippen LogP contribution in [-0.4, -0.2) is 16.6 Å². The van der Waals surface area contributed by atoms with Crippen molar-refractivity contribution < 1.29 is 4.79 Å². The largest absolute Gasteiger partial charge is 0.323 e. The highest BCUT2D eigenvalue weighted by Gasteiger charge is 2.10. The molecule has 1 amide bonds. The maximum absolute atomic E-state index is 12.0. The predicted molar refractivity (Wildman–Crippen MR) is 94.9 cm³/mol. The molecule has 0 radical (unpaired) electrons.